The van der Waals surface area contributed by atoms with Gasteiger partial charge in [-0.15, -0.1) is 6.58 Å². The number of hydrogen-bond acceptors (Lipinski definition) is 12. The van der Waals surface area contributed by atoms with Crippen molar-refractivity contribution in [1.29, 1.82) is 0 Å². The minimum atomic E-state index is -1.00. The monoisotopic (exact) mass is 970 g/mol. The van der Waals surface area contributed by atoms with Crippen LogP contribution in [0.15, 0.2) is 66.8 Å². The van der Waals surface area contributed by atoms with E-state index in [-0.39, 0.29) is 34.8 Å². The Hall–Kier alpha value is -4.43. The van der Waals surface area contributed by atoms with Gasteiger partial charge in [0.2, 0.25) is 0 Å². The van der Waals surface area contributed by atoms with Crippen molar-refractivity contribution in [3.8, 4) is 28.7 Å². The van der Waals surface area contributed by atoms with Gasteiger partial charge in [0.05, 0.1) is 28.1 Å². The van der Waals surface area contributed by atoms with Crippen LogP contribution in [0.3, 0.4) is 0 Å². The molecular weight excluding hydrogens is 895 g/mol. The first-order valence-electron chi connectivity index (χ1n) is 27.0. The predicted octanol–water partition coefficient (Wildman–Crippen LogP) is 6.89. The molecule has 6 bridgehead atoms. The molecule has 12 nitrogen and oxygen atoms in total. The fourth-order valence-electron chi connectivity index (χ4n) is 16.8. The van der Waals surface area contributed by atoms with Gasteiger partial charge in [0, 0.05) is 61.9 Å². The number of phenolic OH excluding ortho intramolecular Hbond substituents is 3. The highest BCUT2D eigenvalue weighted by atomic mass is 16.5. The fraction of sp³-hybridized carbons (Fsp3) is 0.610. The lowest BCUT2D eigenvalue weighted by Crippen LogP contribution is -2.77. The minimum Gasteiger partial charge on any atom is -0.508 e. The van der Waals surface area contributed by atoms with E-state index in [1.165, 1.54) is 47.9 Å². The molecule has 14 rings (SSSR count). The number of ketones is 1. The SMILES string of the molecule is C=CCN1CC[C@]23c4c5ccc(O)c4O[C@H]2C(=O)CC[C@@]3(O)[C@H]1C5.CC(C)=CCN1CC[C@@]2(C)c3cc(O)ccc3C[C@@H]1[C@@H]2C.Oc1ccc2c3c1O[C@H]1[C@@H](O)CC[C@@]4(O)[C@@H](C2)N(CC2CCC2)CC[C@]314. The molecule has 0 radical (unpaired) electrons. The quantitative estimate of drug-likeness (QED) is 0.142. The average Bonchev–Trinajstić information content (AvgIpc) is 3.88. The van der Waals surface area contributed by atoms with Gasteiger partial charge >= 0.3 is 0 Å². The summed E-state index contributed by atoms with van der Waals surface area (Å²) in [4.78, 5) is 20.1. The second kappa shape index (κ2) is 16.8. The number of ether oxygens (including phenoxy) is 2. The van der Waals surface area contributed by atoms with Gasteiger partial charge in [0.25, 0.3) is 0 Å². The lowest BCUT2D eigenvalue weighted by molar-refractivity contribution is -0.209. The van der Waals surface area contributed by atoms with Crippen molar-refractivity contribution in [2.24, 2.45) is 11.8 Å². The molecule has 71 heavy (non-hydrogen) atoms. The molecule has 0 unspecified atom stereocenters. The summed E-state index contributed by atoms with van der Waals surface area (Å²) < 4.78 is 12.1. The lowest BCUT2D eigenvalue weighted by Gasteiger charge is -2.64. The molecule has 12 heteroatoms. The first-order valence-corrected chi connectivity index (χ1v) is 27.0. The highest BCUT2D eigenvalue weighted by molar-refractivity contribution is 5.90. The van der Waals surface area contributed by atoms with Gasteiger partial charge < -0.3 is 40.1 Å². The van der Waals surface area contributed by atoms with Crippen molar-refractivity contribution in [1.82, 2.24) is 14.7 Å². The maximum absolute atomic E-state index is 12.6. The summed E-state index contributed by atoms with van der Waals surface area (Å²) in [7, 11) is 0. The van der Waals surface area contributed by atoms with Crippen LogP contribution >= 0.6 is 0 Å². The molecule has 380 valence electrons. The first-order chi connectivity index (χ1) is 34.0. The molecule has 3 aromatic rings. The van der Waals surface area contributed by atoms with Crippen LogP contribution in [0.1, 0.15) is 125 Å². The number of carbonyl (C=O) groups is 1. The lowest BCUT2D eigenvalue weighted by atomic mass is 9.48. The van der Waals surface area contributed by atoms with Gasteiger partial charge in [0.1, 0.15) is 11.9 Å². The van der Waals surface area contributed by atoms with E-state index < -0.39 is 40.3 Å². The van der Waals surface area contributed by atoms with E-state index in [0.29, 0.717) is 67.7 Å². The summed E-state index contributed by atoms with van der Waals surface area (Å²) in [6.45, 7) is 18.7. The maximum Gasteiger partial charge on any atom is 0.174 e. The normalized spacial score (nSPS) is 38.6. The number of nitrogens with zero attached hydrogens (tertiary/aromatic N) is 3. The standard InChI is InChI=1S/C21H27NO4.C19H21NO4.C19H27NO/c23-14-5-4-13-10-16-21(25)7-6-15(24)19-20(21,17(13)18(14)26-19)8-9-22(16)11-12-2-1-3-12;1-2-8-20-9-7-18-15-11-3-4-12(21)16(15)24-17(18)13(22)5-6-19(18,23)14(20)10-11;1-13(2)7-9-20-10-8-19(4)14(3)18(20)11-15-5-6-16(21)12-17(15)19/h4-5,12,15-16,19,23-25H,1-3,6-11H2;2-4,14,17,21,23H,1,5-10H2;5-7,12,14,18,21H,8-11H2,1-4H3/t15-,16+,19-,20-,21+;14-,17+,18+,19-;14-,18+,19+/m010/s1. The Labute approximate surface area is 419 Å². The van der Waals surface area contributed by atoms with Crippen LogP contribution in [0, 0.1) is 11.8 Å². The first kappa shape index (κ1) is 47.6. The molecule has 5 aliphatic heterocycles. The Balaban J connectivity index is 0.000000110. The highest BCUT2D eigenvalue weighted by Crippen LogP contribution is 2.67. The van der Waals surface area contributed by atoms with Gasteiger partial charge in [0.15, 0.2) is 34.9 Å². The van der Waals surface area contributed by atoms with Crippen LogP contribution in [0.5, 0.6) is 28.7 Å². The molecule has 11 aliphatic rings. The van der Waals surface area contributed by atoms with Crippen molar-refractivity contribution in [3.63, 3.8) is 0 Å². The van der Waals surface area contributed by atoms with Crippen molar-refractivity contribution in [2.75, 3.05) is 39.3 Å². The van der Waals surface area contributed by atoms with Gasteiger partial charge in [-0.2, -0.15) is 0 Å². The molecule has 3 saturated heterocycles. The van der Waals surface area contributed by atoms with Crippen molar-refractivity contribution >= 4 is 5.78 Å². The summed E-state index contributed by atoms with van der Waals surface area (Å²) in [5.74, 6) is 2.99. The molecule has 6 N–H and O–H groups in total. The van der Waals surface area contributed by atoms with Gasteiger partial charge in [-0.05, 0) is 161 Å². The summed E-state index contributed by atoms with van der Waals surface area (Å²) >= 11 is 0. The second-order valence-electron chi connectivity index (χ2n) is 24.2. The zero-order valence-corrected chi connectivity index (χ0v) is 42.2. The number of fused-ring (bicyclic) bond motifs is 4. The van der Waals surface area contributed by atoms with Crippen LogP contribution in [0.25, 0.3) is 0 Å². The van der Waals surface area contributed by atoms with Crippen LogP contribution in [-0.4, -0.2) is 138 Å². The number of aromatic hydroxyl groups is 3. The molecule has 0 amide bonds. The van der Waals surface area contributed by atoms with Crippen molar-refractivity contribution < 1.29 is 44.9 Å². The predicted molar refractivity (Wildman–Crippen MR) is 270 cm³/mol. The Morgan fingerprint density at radius 3 is 2.08 bits per heavy atom. The molecule has 12 atom stereocenters. The van der Waals surface area contributed by atoms with E-state index in [0.717, 1.165) is 81.1 Å². The van der Waals surface area contributed by atoms with Crippen LogP contribution in [0.4, 0.5) is 0 Å². The smallest absolute Gasteiger partial charge is 0.174 e. The van der Waals surface area contributed by atoms with Crippen molar-refractivity contribution in [3.05, 3.63) is 100 Å². The fourth-order valence-corrected chi connectivity index (χ4v) is 16.8. The summed E-state index contributed by atoms with van der Waals surface area (Å²) in [6, 6.07) is 13.9. The zero-order valence-electron chi connectivity index (χ0n) is 42.2. The molecule has 3 saturated carbocycles. The third-order valence-electron chi connectivity index (χ3n) is 20.8. The Kier molecular flexibility index (Phi) is 11.3. The van der Waals surface area contributed by atoms with E-state index >= 15 is 0 Å². The van der Waals surface area contributed by atoms with Crippen LogP contribution in [0.2, 0.25) is 0 Å². The van der Waals surface area contributed by atoms with Crippen molar-refractivity contribution in [2.45, 2.75) is 175 Å². The second-order valence-corrected chi connectivity index (χ2v) is 24.2. The number of piperidine rings is 3. The number of phenols is 3. The zero-order chi connectivity index (χ0) is 49.6. The van der Waals surface area contributed by atoms with Crippen LogP contribution < -0.4 is 9.47 Å². The summed E-state index contributed by atoms with van der Waals surface area (Å²) in [5, 5.41) is 65.2. The van der Waals surface area contributed by atoms with E-state index in [2.05, 4.69) is 61.1 Å². The number of benzene rings is 3. The number of carbonyl (C=O) groups excluding carboxylic acids is 1. The molecule has 5 heterocycles. The number of Topliss-reactive ketones (excluding diaryl/α,β-unsaturated/α-hetero) is 1. The Bertz CT molecular complexity index is 2700. The largest absolute Gasteiger partial charge is 0.508 e. The summed E-state index contributed by atoms with van der Waals surface area (Å²) in [6.07, 6.45) is 13.7. The van der Waals surface area contributed by atoms with Gasteiger partial charge in [-0.3, -0.25) is 19.5 Å². The Morgan fingerprint density at radius 2 is 1.39 bits per heavy atom. The maximum atomic E-state index is 12.6. The number of rotatable bonds is 6. The number of aliphatic hydroxyl groups is 3. The summed E-state index contributed by atoms with van der Waals surface area (Å²) in [5.41, 5.74) is 5.39. The molecule has 3 aromatic carbocycles. The number of allylic oxidation sites excluding steroid dienone is 1. The number of aliphatic hydroxyl groups excluding tert-OH is 1. The average molecular weight is 970 g/mol. The third-order valence-corrected chi connectivity index (χ3v) is 20.8. The highest BCUT2D eigenvalue weighted by Gasteiger charge is 2.74. The van der Waals surface area contributed by atoms with E-state index in [9.17, 15) is 35.4 Å². The topological polar surface area (TPSA) is 167 Å². The van der Waals surface area contributed by atoms with Gasteiger partial charge in [-0.25, -0.2) is 0 Å². The van der Waals surface area contributed by atoms with Gasteiger partial charge in [-0.1, -0.05) is 56.2 Å². The molecule has 2 spiro atoms. The minimum absolute atomic E-state index is 0.0408. The van der Waals surface area contributed by atoms with Crippen LogP contribution in [-0.2, 0) is 40.3 Å². The molecule has 0 aromatic heterocycles. The van der Waals surface area contributed by atoms with E-state index in [4.69, 9.17) is 9.47 Å². The van der Waals surface area contributed by atoms with E-state index in [1.807, 2.05) is 30.3 Å². The molecule has 6 aliphatic carbocycles. The number of likely N-dealkylation sites (tertiary alicyclic amines) is 3. The number of hydrogen-bond donors (Lipinski definition) is 6. The molecular formula is C59H75N3O9. The molecule has 6 fully saturated rings. The van der Waals surface area contributed by atoms with E-state index in [1.54, 1.807) is 12.1 Å². The Morgan fingerprint density at radius 1 is 0.761 bits per heavy atom. The third kappa shape index (κ3) is 6.59.